The molecule has 0 unspecified atom stereocenters. The molecule has 0 saturated heterocycles. The predicted molar refractivity (Wildman–Crippen MR) is 51.7 cm³/mol. The summed E-state index contributed by atoms with van der Waals surface area (Å²) in [5.41, 5.74) is 0. The highest BCUT2D eigenvalue weighted by atomic mass is 16.5. The third kappa shape index (κ3) is 5.47. The predicted octanol–water partition coefficient (Wildman–Crippen LogP) is 1.94. The van der Waals surface area contributed by atoms with Crippen molar-refractivity contribution in [1.82, 2.24) is 9.96 Å². The number of amides is 2. The van der Waals surface area contributed by atoms with E-state index in [1.54, 1.807) is 14.1 Å². The highest BCUT2D eigenvalue weighted by Crippen LogP contribution is 2.01. The topological polar surface area (TPSA) is 43.8 Å². The van der Waals surface area contributed by atoms with E-state index in [0.717, 1.165) is 30.7 Å². The van der Waals surface area contributed by atoms with E-state index in [1.807, 2.05) is 0 Å². The average molecular weight is 188 g/mol. The molecule has 13 heavy (non-hydrogen) atoms. The molecule has 0 saturated carbocycles. The van der Waals surface area contributed by atoms with Gasteiger partial charge in [0.15, 0.2) is 0 Å². The molecule has 0 bridgehead atoms. The lowest BCUT2D eigenvalue weighted by Crippen LogP contribution is -2.37. The summed E-state index contributed by atoms with van der Waals surface area (Å²) in [6.45, 7) is 2.55. The molecule has 4 heteroatoms. The Morgan fingerprint density at radius 3 is 2.31 bits per heavy atom. The summed E-state index contributed by atoms with van der Waals surface area (Å²) in [4.78, 5) is 12.5. The second-order valence-corrected chi connectivity index (χ2v) is 3.36. The Hall–Kier alpha value is -0.770. The van der Waals surface area contributed by atoms with E-state index in [0.29, 0.717) is 6.54 Å². The Morgan fingerprint density at radius 1 is 1.23 bits per heavy atom. The van der Waals surface area contributed by atoms with Crippen LogP contribution in [0.25, 0.3) is 0 Å². The van der Waals surface area contributed by atoms with Crippen LogP contribution in [0.3, 0.4) is 0 Å². The lowest BCUT2D eigenvalue weighted by Gasteiger charge is -2.19. The van der Waals surface area contributed by atoms with Crippen molar-refractivity contribution in [3.8, 4) is 0 Å². The number of hydrogen-bond acceptors (Lipinski definition) is 2. The Morgan fingerprint density at radius 2 is 1.85 bits per heavy atom. The number of hydrogen-bond donors (Lipinski definition) is 1. The molecule has 0 aromatic heterocycles. The molecule has 0 atom stereocenters. The summed E-state index contributed by atoms with van der Waals surface area (Å²) in [5.74, 6) is 0. The zero-order valence-electron chi connectivity index (χ0n) is 8.79. The van der Waals surface area contributed by atoms with Crippen molar-refractivity contribution in [3.05, 3.63) is 0 Å². The summed E-state index contributed by atoms with van der Waals surface area (Å²) in [5, 5.41) is 10.0. The van der Waals surface area contributed by atoms with Gasteiger partial charge in [-0.1, -0.05) is 26.2 Å². The quantitative estimate of drug-likeness (QED) is 0.407. The number of carbonyl (C=O) groups excluding carboxylic acids is 1. The average Bonchev–Trinajstić information content (AvgIpc) is 2.10. The molecule has 0 aromatic carbocycles. The fourth-order valence-electron chi connectivity index (χ4n) is 1.01. The van der Waals surface area contributed by atoms with E-state index in [2.05, 4.69) is 6.92 Å². The van der Waals surface area contributed by atoms with Crippen LogP contribution in [0.4, 0.5) is 4.79 Å². The fraction of sp³-hybridized carbons (Fsp3) is 0.889. The second-order valence-electron chi connectivity index (χ2n) is 3.36. The summed E-state index contributed by atoms with van der Waals surface area (Å²) in [6.07, 6.45) is 4.25. The van der Waals surface area contributed by atoms with Crippen LogP contribution in [0.2, 0.25) is 0 Å². The number of urea groups is 1. The first-order valence-electron chi connectivity index (χ1n) is 4.77. The first-order chi connectivity index (χ1) is 6.09. The maximum atomic E-state index is 11.1. The molecule has 0 aromatic rings. The Kier molecular flexibility index (Phi) is 6.32. The third-order valence-corrected chi connectivity index (χ3v) is 1.83. The molecule has 0 aliphatic heterocycles. The smallest absolute Gasteiger partial charge is 0.329 e. The van der Waals surface area contributed by atoms with E-state index in [-0.39, 0.29) is 6.03 Å². The van der Waals surface area contributed by atoms with Gasteiger partial charge in [0.2, 0.25) is 0 Å². The van der Waals surface area contributed by atoms with Crippen LogP contribution in [0.5, 0.6) is 0 Å². The SMILES string of the molecule is CCCCCCN(O)C(=O)N(C)C. The van der Waals surface area contributed by atoms with Crippen LogP contribution in [-0.2, 0) is 0 Å². The lowest BCUT2D eigenvalue weighted by molar-refractivity contribution is -0.0536. The number of hydroxylamine groups is 2. The zero-order chi connectivity index (χ0) is 10.3. The first-order valence-corrected chi connectivity index (χ1v) is 4.77. The van der Waals surface area contributed by atoms with Crippen LogP contribution in [-0.4, -0.2) is 41.8 Å². The summed E-state index contributed by atoms with van der Waals surface area (Å²) in [6, 6.07) is -0.350. The lowest BCUT2D eigenvalue weighted by atomic mass is 10.2. The molecule has 0 aliphatic rings. The fourth-order valence-corrected chi connectivity index (χ4v) is 1.01. The normalized spacial score (nSPS) is 9.85. The van der Waals surface area contributed by atoms with E-state index >= 15 is 0 Å². The van der Waals surface area contributed by atoms with Gasteiger partial charge in [-0.25, -0.2) is 9.86 Å². The first kappa shape index (κ1) is 12.2. The van der Waals surface area contributed by atoms with Crippen molar-refractivity contribution in [3.63, 3.8) is 0 Å². The number of nitrogens with zero attached hydrogens (tertiary/aromatic N) is 2. The van der Waals surface area contributed by atoms with Gasteiger partial charge < -0.3 is 4.90 Å². The van der Waals surface area contributed by atoms with Gasteiger partial charge in [0.1, 0.15) is 0 Å². The van der Waals surface area contributed by atoms with Gasteiger partial charge >= 0.3 is 6.03 Å². The summed E-state index contributed by atoms with van der Waals surface area (Å²) < 4.78 is 0. The monoisotopic (exact) mass is 188 g/mol. The Labute approximate surface area is 80.1 Å². The van der Waals surface area contributed by atoms with Crippen molar-refractivity contribution < 1.29 is 10.0 Å². The van der Waals surface area contributed by atoms with Gasteiger partial charge in [0.05, 0.1) is 6.54 Å². The molecule has 0 heterocycles. The third-order valence-electron chi connectivity index (χ3n) is 1.83. The summed E-state index contributed by atoms with van der Waals surface area (Å²) in [7, 11) is 3.25. The van der Waals surface area contributed by atoms with Crippen LogP contribution < -0.4 is 0 Å². The van der Waals surface area contributed by atoms with Gasteiger partial charge in [0.25, 0.3) is 0 Å². The molecular formula is C9H20N2O2. The standard InChI is InChI=1S/C9H20N2O2/c1-4-5-6-7-8-11(13)9(12)10(2)3/h13H,4-8H2,1-3H3. The Bertz CT molecular complexity index is 149. The second kappa shape index (κ2) is 6.71. The highest BCUT2D eigenvalue weighted by Gasteiger charge is 2.11. The van der Waals surface area contributed by atoms with Gasteiger partial charge in [-0.05, 0) is 6.42 Å². The number of rotatable bonds is 5. The van der Waals surface area contributed by atoms with Crippen molar-refractivity contribution in [2.75, 3.05) is 20.6 Å². The van der Waals surface area contributed by atoms with E-state index in [9.17, 15) is 10.0 Å². The van der Waals surface area contributed by atoms with Gasteiger partial charge in [-0.15, -0.1) is 0 Å². The van der Waals surface area contributed by atoms with Gasteiger partial charge in [0, 0.05) is 14.1 Å². The van der Waals surface area contributed by atoms with Gasteiger partial charge in [-0.3, -0.25) is 5.21 Å². The van der Waals surface area contributed by atoms with Crippen LogP contribution >= 0.6 is 0 Å². The van der Waals surface area contributed by atoms with E-state index in [1.165, 1.54) is 4.90 Å². The summed E-state index contributed by atoms with van der Waals surface area (Å²) >= 11 is 0. The molecule has 4 nitrogen and oxygen atoms in total. The van der Waals surface area contributed by atoms with E-state index in [4.69, 9.17) is 0 Å². The molecule has 1 N–H and O–H groups in total. The van der Waals surface area contributed by atoms with Crippen LogP contribution in [0, 0.1) is 0 Å². The number of unbranched alkanes of at least 4 members (excludes halogenated alkanes) is 3. The zero-order valence-corrected chi connectivity index (χ0v) is 8.79. The van der Waals surface area contributed by atoms with Crippen molar-refractivity contribution in [1.29, 1.82) is 0 Å². The molecular weight excluding hydrogens is 168 g/mol. The van der Waals surface area contributed by atoms with Crippen LogP contribution in [0.15, 0.2) is 0 Å². The van der Waals surface area contributed by atoms with Gasteiger partial charge in [-0.2, -0.15) is 0 Å². The Balaban J connectivity index is 3.50. The van der Waals surface area contributed by atoms with Crippen molar-refractivity contribution in [2.45, 2.75) is 32.6 Å². The molecule has 0 radical (unpaired) electrons. The van der Waals surface area contributed by atoms with E-state index < -0.39 is 0 Å². The van der Waals surface area contributed by atoms with Crippen molar-refractivity contribution in [2.24, 2.45) is 0 Å². The number of carbonyl (C=O) groups is 1. The molecule has 0 aliphatic carbocycles. The minimum Gasteiger partial charge on any atom is -0.329 e. The van der Waals surface area contributed by atoms with Crippen molar-refractivity contribution >= 4 is 6.03 Å². The maximum absolute atomic E-state index is 11.1. The minimum absolute atomic E-state index is 0.350. The van der Waals surface area contributed by atoms with Crippen LogP contribution in [0.1, 0.15) is 32.6 Å². The molecule has 0 rings (SSSR count). The largest absolute Gasteiger partial charge is 0.343 e. The molecule has 0 fully saturated rings. The molecule has 0 spiro atoms. The maximum Gasteiger partial charge on any atom is 0.343 e. The minimum atomic E-state index is -0.350. The molecule has 78 valence electrons. The molecule has 2 amide bonds. The highest BCUT2D eigenvalue weighted by molar-refractivity contribution is 5.72.